The van der Waals surface area contributed by atoms with Crippen molar-refractivity contribution in [1.29, 1.82) is 0 Å². The van der Waals surface area contributed by atoms with E-state index in [0.717, 1.165) is 24.6 Å². The predicted octanol–water partition coefficient (Wildman–Crippen LogP) is 4.18. The predicted molar refractivity (Wildman–Crippen MR) is 99.5 cm³/mol. The van der Waals surface area contributed by atoms with E-state index >= 15 is 0 Å². The topological polar surface area (TPSA) is 90.7 Å². The molecule has 27 heavy (non-hydrogen) atoms. The van der Waals surface area contributed by atoms with E-state index in [-0.39, 0.29) is 11.4 Å². The van der Waals surface area contributed by atoms with Crippen LogP contribution in [0.15, 0.2) is 42.5 Å². The summed E-state index contributed by atoms with van der Waals surface area (Å²) < 4.78 is 24.5. The SMILES string of the molecule is CCCOc1ccc(/C=C/C(=O)Nc2cc([N+](=O)[O-])ccc2F)cc1OC. The summed E-state index contributed by atoms with van der Waals surface area (Å²) in [5, 5.41) is 13.0. The van der Waals surface area contributed by atoms with Crippen LogP contribution in [0, 0.1) is 15.9 Å². The van der Waals surface area contributed by atoms with Crippen LogP contribution in [-0.4, -0.2) is 24.5 Å². The molecule has 0 aliphatic heterocycles. The minimum atomic E-state index is -0.763. The molecule has 2 rings (SSSR count). The van der Waals surface area contributed by atoms with Gasteiger partial charge < -0.3 is 14.8 Å². The highest BCUT2D eigenvalue weighted by Crippen LogP contribution is 2.28. The van der Waals surface area contributed by atoms with Crippen LogP contribution >= 0.6 is 0 Å². The lowest BCUT2D eigenvalue weighted by Crippen LogP contribution is -2.09. The van der Waals surface area contributed by atoms with E-state index in [1.165, 1.54) is 19.3 Å². The Balaban J connectivity index is 2.10. The molecule has 8 heteroatoms. The van der Waals surface area contributed by atoms with Gasteiger partial charge in [0.15, 0.2) is 11.5 Å². The zero-order chi connectivity index (χ0) is 19.8. The first-order valence-electron chi connectivity index (χ1n) is 8.18. The Kier molecular flexibility index (Phi) is 6.87. The third-order valence-electron chi connectivity index (χ3n) is 3.50. The highest BCUT2D eigenvalue weighted by molar-refractivity contribution is 6.02. The zero-order valence-corrected chi connectivity index (χ0v) is 14.9. The maximum Gasteiger partial charge on any atom is 0.271 e. The average Bonchev–Trinajstić information content (AvgIpc) is 2.66. The first-order chi connectivity index (χ1) is 12.9. The van der Waals surface area contributed by atoms with E-state index in [2.05, 4.69) is 5.32 Å². The number of ether oxygens (including phenoxy) is 2. The van der Waals surface area contributed by atoms with Crippen LogP contribution in [0.4, 0.5) is 15.8 Å². The largest absolute Gasteiger partial charge is 0.493 e. The quantitative estimate of drug-likeness (QED) is 0.425. The van der Waals surface area contributed by atoms with Crippen molar-refractivity contribution in [1.82, 2.24) is 0 Å². The summed E-state index contributed by atoms with van der Waals surface area (Å²) in [6.07, 6.45) is 3.56. The number of halogens is 1. The molecule has 0 bridgehead atoms. The van der Waals surface area contributed by atoms with Crippen molar-refractivity contribution in [2.24, 2.45) is 0 Å². The number of hydrogen-bond donors (Lipinski definition) is 1. The summed E-state index contributed by atoms with van der Waals surface area (Å²) in [6, 6.07) is 8.08. The van der Waals surface area contributed by atoms with Gasteiger partial charge in [0.2, 0.25) is 5.91 Å². The molecule has 0 heterocycles. The Bertz CT molecular complexity index is 867. The van der Waals surface area contributed by atoms with Gasteiger partial charge in [-0.05, 0) is 36.3 Å². The summed E-state index contributed by atoms with van der Waals surface area (Å²) in [5.74, 6) is -0.267. The Morgan fingerprint density at radius 1 is 1.26 bits per heavy atom. The molecule has 7 nitrogen and oxygen atoms in total. The third-order valence-corrected chi connectivity index (χ3v) is 3.50. The third kappa shape index (κ3) is 5.53. The Hall–Kier alpha value is -3.42. The Morgan fingerprint density at radius 3 is 2.70 bits per heavy atom. The molecule has 0 spiro atoms. The lowest BCUT2D eigenvalue weighted by atomic mass is 10.2. The lowest BCUT2D eigenvalue weighted by Gasteiger charge is -2.10. The van der Waals surface area contributed by atoms with Crippen LogP contribution in [0.5, 0.6) is 11.5 Å². The number of nitrogens with one attached hydrogen (secondary N) is 1. The number of carbonyl (C=O) groups excluding carboxylic acids is 1. The van der Waals surface area contributed by atoms with Crippen molar-refractivity contribution in [2.75, 3.05) is 19.0 Å². The molecule has 0 saturated heterocycles. The first kappa shape index (κ1) is 19.9. The van der Waals surface area contributed by atoms with Crippen molar-refractivity contribution in [3.05, 3.63) is 64.0 Å². The Morgan fingerprint density at radius 2 is 2.04 bits per heavy atom. The van der Waals surface area contributed by atoms with E-state index in [4.69, 9.17) is 9.47 Å². The summed E-state index contributed by atoms with van der Waals surface area (Å²) in [6.45, 7) is 2.55. The fraction of sp³-hybridized carbons (Fsp3) is 0.211. The van der Waals surface area contributed by atoms with Crippen LogP contribution in [0.25, 0.3) is 6.08 Å². The number of carbonyl (C=O) groups is 1. The lowest BCUT2D eigenvalue weighted by molar-refractivity contribution is -0.384. The summed E-state index contributed by atoms with van der Waals surface area (Å²) in [7, 11) is 1.51. The monoisotopic (exact) mass is 374 g/mol. The number of nitrogens with zero attached hydrogens (tertiary/aromatic N) is 1. The van der Waals surface area contributed by atoms with Crippen molar-refractivity contribution in [3.63, 3.8) is 0 Å². The minimum absolute atomic E-state index is 0.264. The second-order valence-electron chi connectivity index (χ2n) is 5.50. The van der Waals surface area contributed by atoms with Gasteiger partial charge in [-0.25, -0.2) is 4.39 Å². The number of non-ortho nitro benzene ring substituents is 1. The fourth-order valence-corrected chi connectivity index (χ4v) is 2.19. The second-order valence-corrected chi connectivity index (χ2v) is 5.50. The molecule has 0 fully saturated rings. The maximum absolute atomic E-state index is 13.7. The number of nitro benzene ring substituents is 1. The van der Waals surface area contributed by atoms with Crippen molar-refractivity contribution in [2.45, 2.75) is 13.3 Å². The molecule has 2 aromatic carbocycles. The van der Waals surface area contributed by atoms with E-state index in [1.54, 1.807) is 18.2 Å². The number of rotatable bonds is 8. The maximum atomic E-state index is 13.7. The summed E-state index contributed by atoms with van der Waals surface area (Å²) in [4.78, 5) is 22.1. The first-order valence-corrected chi connectivity index (χ1v) is 8.18. The van der Waals surface area contributed by atoms with E-state index in [1.807, 2.05) is 6.92 Å². The van der Waals surface area contributed by atoms with Gasteiger partial charge in [0.25, 0.3) is 5.69 Å². The van der Waals surface area contributed by atoms with Gasteiger partial charge >= 0.3 is 0 Å². The standard InChI is InChI=1S/C19H19FN2O5/c1-3-10-27-17-8-4-13(11-18(17)26-2)5-9-19(23)21-16-12-14(22(24)25)6-7-15(16)20/h4-9,11-12H,3,10H2,1-2H3,(H,21,23)/b9-5+. The fourth-order valence-electron chi connectivity index (χ4n) is 2.19. The minimum Gasteiger partial charge on any atom is -0.493 e. The van der Waals surface area contributed by atoms with Crippen molar-refractivity contribution >= 4 is 23.4 Å². The van der Waals surface area contributed by atoms with Crippen LogP contribution in [0.1, 0.15) is 18.9 Å². The van der Waals surface area contributed by atoms with Gasteiger partial charge in [-0.15, -0.1) is 0 Å². The number of methoxy groups -OCH3 is 1. The second kappa shape index (κ2) is 9.33. The van der Waals surface area contributed by atoms with Crippen LogP contribution in [0.3, 0.4) is 0 Å². The number of anilines is 1. The molecular formula is C19H19FN2O5. The van der Waals surface area contributed by atoms with Crippen LogP contribution in [-0.2, 0) is 4.79 Å². The van der Waals surface area contributed by atoms with E-state index in [9.17, 15) is 19.3 Å². The molecular weight excluding hydrogens is 355 g/mol. The highest BCUT2D eigenvalue weighted by atomic mass is 19.1. The molecule has 0 aromatic heterocycles. The molecule has 0 aliphatic rings. The molecule has 0 saturated carbocycles. The molecule has 0 unspecified atom stereocenters. The van der Waals surface area contributed by atoms with Crippen LogP contribution < -0.4 is 14.8 Å². The molecule has 142 valence electrons. The molecule has 2 aromatic rings. The highest BCUT2D eigenvalue weighted by Gasteiger charge is 2.12. The molecule has 1 N–H and O–H groups in total. The Labute approximate surface area is 155 Å². The van der Waals surface area contributed by atoms with Gasteiger partial charge in [-0.2, -0.15) is 0 Å². The number of amides is 1. The zero-order valence-electron chi connectivity index (χ0n) is 14.9. The van der Waals surface area contributed by atoms with Gasteiger partial charge in [-0.3, -0.25) is 14.9 Å². The summed E-state index contributed by atoms with van der Waals surface area (Å²) >= 11 is 0. The number of nitro groups is 1. The summed E-state index contributed by atoms with van der Waals surface area (Å²) in [5.41, 5.74) is 0.0909. The van der Waals surface area contributed by atoms with Crippen molar-refractivity contribution < 1.29 is 23.6 Å². The van der Waals surface area contributed by atoms with Gasteiger partial charge in [0.1, 0.15) is 5.82 Å². The van der Waals surface area contributed by atoms with Gasteiger partial charge in [-0.1, -0.05) is 13.0 Å². The molecule has 0 atom stereocenters. The van der Waals surface area contributed by atoms with Gasteiger partial charge in [0, 0.05) is 18.2 Å². The van der Waals surface area contributed by atoms with Crippen molar-refractivity contribution in [3.8, 4) is 11.5 Å². The molecule has 0 aliphatic carbocycles. The molecule has 1 amide bonds. The molecule has 0 radical (unpaired) electrons. The van der Waals surface area contributed by atoms with E-state index < -0.39 is 16.6 Å². The van der Waals surface area contributed by atoms with Crippen LogP contribution in [0.2, 0.25) is 0 Å². The number of benzene rings is 2. The normalized spacial score (nSPS) is 10.6. The smallest absolute Gasteiger partial charge is 0.271 e. The average molecular weight is 374 g/mol. The number of hydrogen-bond acceptors (Lipinski definition) is 5. The van der Waals surface area contributed by atoms with Gasteiger partial charge in [0.05, 0.1) is 24.3 Å². The van der Waals surface area contributed by atoms with E-state index in [0.29, 0.717) is 23.7 Å².